The zero-order chi connectivity index (χ0) is 16.9. The second kappa shape index (κ2) is 6.78. The number of ether oxygens (including phenoxy) is 1. The van der Waals surface area contributed by atoms with Crippen LogP contribution in [-0.2, 0) is 0 Å². The first kappa shape index (κ1) is 15.5. The van der Waals surface area contributed by atoms with Crippen molar-refractivity contribution < 1.29 is 9.53 Å². The molecule has 1 heterocycles. The average molecular weight is 321 g/mol. The van der Waals surface area contributed by atoms with E-state index in [2.05, 4.69) is 10.3 Å². The van der Waals surface area contributed by atoms with Gasteiger partial charge in [0.2, 0.25) is 0 Å². The molecule has 6 heteroatoms. The minimum absolute atomic E-state index is 0.0442. The first-order valence-electron chi connectivity index (χ1n) is 7.28. The average Bonchev–Trinajstić information content (AvgIpc) is 2.64. The Morgan fingerprint density at radius 3 is 2.54 bits per heavy atom. The smallest absolute Gasteiger partial charge is 0.298 e. The van der Waals surface area contributed by atoms with Gasteiger partial charge in [0.15, 0.2) is 5.82 Å². The lowest BCUT2D eigenvalue weighted by Crippen LogP contribution is -2.26. The van der Waals surface area contributed by atoms with Gasteiger partial charge in [-0.15, -0.1) is 0 Å². The van der Waals surface area contributed by atoms with Crippen molar-refractivity contribution in [3.63, 3.8) is 0 Å². The van der Waals surface area contributed by atoms with Crippen molar-refractivity contribution in [2.75, 3.05) is 12.4 Å². The third-order valence-corrected chi connectivity index (χ3v) is 3.45. The number of anilines is 1. The predicted octanol–water partition coefficient (Wildman–Crippen LogP) is 2.49. The van der Waals surface area contributed by atoms with Crippen molar-refractivity contribution in [1.82, 2.24) is 9.55 Å². The van der Waals surface area contributed by atoms with Gasteiger partial charge in [0, 0.05) is 18.0 Å². The lowest BCUT2D eigenvalue weighted by Gasteiger charge is -2.11. The van der Waals surface area contributed by atoms with E-state index in [-0.39, 0.29) is 5.82 Å². The summed E-state index contributed by atoms with van der Waals surface area (Å²) in [6.45, 7) is 0. The van der Waals surface area contributed by atoms with Gasteiger partial charge in [-0.2, -0.15) is 0 Å². The number of carbonyl (C=O) groups is 1. The Hall–Kier alpha value is -3.41. The van der Waals surface area contributed by atoms with E-state index in [0.29, 0.717) is 17.0 Å². The van der Waals surface area contributed by atoms with Crippen LogP contribution >= 0.6 is 0 Å². The Kier molecular flexibility index (Phi) is 4.38. The molecule has 0 fully saturated rings. The first-order valence-corrected chi connectivity index (χ1v) is 7.28. The largest absolute Gasteiger partial charge is 0.495 e. The zero-order valence-corrected chi connectivity index (χ0v) is 13.0. The number of para-hydroxylation sites is 2. The minimum atomic E-state index is -0.439. The third kappa shape index (κ3) is 3.03. The van der Waals surface area contributed by atoms with Crippen LogP contribution in [0.15, 0.2) is 71.8 Å². The highest BCUT2D eigenvalue weighted by molar-refractivity contribution is 6.03. The van der Waals surface area contributed by atoms with Crippen LogP contribution in [-0.4, -0.2) is 22.6 Å². The second-order valence-electron chi connectivity index (χ2n) is 4.94. The summed E-state index contributed by atoms with van der Waals surface area (Å²) in [6, 6.07) is 15.8. The summed E-state index contributed by atoms with van der Waals surface area (Å²) in [5.41, 5.74) is 0.584. The van der Waals surface area contributed by atoms with E-state index in [4.69, 9.17) is 4.74 Å². The normalized spacial score (nSPS) is 10.2. The van der Waals surface area contributed by atoms with Crippen LogP contribution in [0.2, 0.25) is 0 Å². The van der Waals surface area contributed by atoms with Crippen molar-refractivity contribution in [2.45, 2.75) is 0 Å². The van der Waals surface area contributed by atoms with Crippen molar-refractivity contribution in [3.05, 3.63) is 82.9 Å². The zero-order valence-electron chi connectivity index (χ0n) is 13.0. The van der Waals surface area contributed by atoms with Gasteiger partial charge in [-0.1, -0.05) is 30.3 Å². The molecule has 0 aliphatic heterocycles. The highest BCUT2D eigenvalue weighted by atomic mass is 16.5. The van der Waals surface area contributed by atoms with Gasteiger partial charge in [-0.25, -0.2) is 4.98 Å². The summed E-state index contributed by atoms with van der Waals surface area (Å²) in [7, 11) is 1.53. The van der Waals surface area contributed by atoms with E-state index in [1.54, 1.807) is 42.5 Å². The number of nitrogens with zero attached hydrogens (tertiary/aromatic N) is 2. The number of rotatable bonds is 4. The molecule has 0 bridgehead atoms. The number of aromatic nitrogens is 2. The Labute approximate surface area is 138 Å². The van der Waals surface area contributed by atoms with Gasteiger partial charge >= 0.3 is 0 Å². The number of methoxy groups -OCH3 is 1. The maximum atomic E-state index is 12.6. The summed E-state index contributed by atoms with van der Waals surface area (Å²) >= 11 is 0. The SMILES string of the molecule is COc1ccccc1-n1ccnc(NC(=O)c2ccccc2)c1=O. The Balaban J connectivity index is 1.97. The Morgan fingerprint density at radius 1 is 1.08 bits per heavy atom. The molecule has 0 saturated carbocycles. The van der Waals surface area contributed by atoms with Gasteiger partial charge in [-0.05, 0) is 24.3 Å². The first-order chi connectivity index (χ1) is 11.7. The number of hydrogen-bond acceptors (Lipinski definition) is 4. The van der Waals surface area contributed by atoms with Crippen LogP contribution in [0.5, 0.6) is 5.75 Å². The standard InChI is InChI=1S/C18H15N3O3/c1-24-15-10-6-5-9-14(15)21-12-11-19-16(18(21)23)20-17(22)13-7-3-2-4-8-13/h2-12H,1H3,(H,19,20,22). The fourth-order valence-electron chi connectivity index (χ4n) is 2.29. The molecule has 0 unspecified atom stereocenters. The van der Waals surface area contributed by atoms with Crippen LogP contribution in [0, 0.1) is 0 Å². The van der Waals surface area contributed by atoms with Gasteiger partial charge in [0.1, 0.15) is 5.75 Å². The fraction of sp³-hybridized carbons (Fsp3) is 0.0556. The summed E-state index contributed by atoms with van der Waals surface area (Å²) < 4.78 is 6.66. The van der Waals surface area contributed by atoms with Crippen molar-refractivity contribution >= 4 is 11.7 Å². The Morgan fingerprint density at radius 2 is 1.79 bits per heavy atom. The Bertz CT molecular complexity index is 920. The van der Waals surface area contributed by atoms with E-state index < -0.39 is 11.5 Å². The van der Waals surface area contributed by atoms with E-state index in [1.165, 1.54) is 24.1 Å². The van der Waals surface area contributed by atoms with Gasteiger partial charge in [0.25, 0.3) is 11.5 Å². The molecule has 0 aliphatic rings. The fourth-order valence-corrected chi connectivity index (χ4v) is 2.29. The van der Waals surface area contributed by atoms with Gasteiger partial charge in [0.05, 0.1) is 12.8 Å². The van der Waals surface area contributed by atoms with Crippen LogP contribution < -0.4 is 15.6 Å². The predicted molar refractivity (Wildman–Crippen MR) is 90.8 cm³/mol. The molecule has 120 valence electrons. The maximum absolute atomic E-state index is 12.6. The summed E-state index contributed by atoms with van der Waals surface area (Å²) in [4.78, 5) is 28.8. The molecule has 1 N–H and O–H groups in total. The molecule has 0 aliphatic carbocycles. The van der Waals surface area contributed by atoms with Crippen molar-refractivity contribution in [3.8, 4) is 11.4 Å². The number of amides is 1. The topological polar surface area (TPSA) is 73.2 Å². The molecular weight excluding hydrogens is 306 g/mol. The van der Waals surface area contributed by atoms with Crippen LogP contribution in [0.25, 0.3) is 5.69 Å². The van der Waals surface area contributed by atoms with Gasteiger partial charge < -0.3 is 10.1 Å². The van der Waals surface area contributed by atoms with Crippen LogP contribution in [0.3, 0.4) is 0 Å². The lowest BCUT2D eigenvalue weighted by molar-refractivity contribution is 0.102. The van der Waals surface area contributed by atoms with E-state index in [0.717, 1.165) is 0 Å². The molecule has 2 aromatic carbocycles. The lowest BCUT2D eigenvalue weighted by atomic mass is 10.2. The molecule has 0 atom stereocenters. The monoisotopic (exact) mass is 321 g/mol. The number of hydrogen-bond donors (Lipinski definition) is 1. The summed E-state index contributed by atoms with van der Waals surface area (Å²) in [5.74, 6) is 0.112. The summed E-state index contributed by atoms with van der Waals surface area (Å²) in [5, 5.41) is 2.55. The molecule has 6 nitrogen and oxygen atoms in total. The molecular formula is C18H15N3O3. The van der Waals surface area contributed by atoms with E-state index in [9.17, 15) is 9.59 Å². The van der Waals surface area contributed by atoms with E-state index in [1.807, 2.05) is 12.1 Å². The molecule has 0 radical (unpaired) electrons. The molecule has 0 spiro atoms. The second-order valence-corrected chi connectivity index (χ2v) is 4.94. The quantitative estimate of drug-likeness (QED) is 0.801. The minimum Gasteiger partial charge on any atom is -0.495 e. The third-order valence-electron chi connectivity index (χ3n) is 3.45. The van der Waals surface area contributed by atoms with Crippen molar-refractivity contribution in [1.29, 1.82) is 0 Å². The van der Waals surface area contributed by atoms with E-state index >= 15 is 0 Å². The summed E-state index contributed by atoms with van der Waals surface area (Å²) in [6.07, 6.45) is 2.98. The van der Waals surface area contributed by atoms with Crippen LogP contribution in [0.1, 0.15) is 10.4 Å². The number of benzene rings is 2. The molecule has 1 aromatic heterocycles. The maximum Gasteiger partial charge on any atom is 0.298 e. The van der Waals surface area contributed by atoms with Crippen molar-refractivity contribution in [2.24, 2.45) is 0 Å². The molecule has 0 saturated heterocycles. The van der Waals surface area contributed by atoms with Crippen LogP contribution in [0.4, 0.5) is 5.82 Å². The molecule has 1 amide bonds. The van der Waals surface area contributed by atoms with Gasteiger partial charge in [-0.3, -0.25) is 14.2 Å². The number of carbonyl (C=O) groups excluding carboxylic acids is 1. The highest BCUT2D eigenvalue weighted by Crippen LogP contribution is 2.20. The molecule has 3 aromatic rings. The number of nitrogens with one attached hydrogen (secondary N) is 1. The molecule has 24 heavy (non-hydrogen) atoms. The molecule has 3 rings (SSSR count). The highest BCUT2D eigenvalue weighted by Gasteiger charge is 2.13.